The average Bonchev–Trinajstić information content (AvgIpc) is 3.32. The largest absolute Gasteiger partial charge is 0.756 e. The Bertz CT molecular complexity index is 846. The van der Waals surface area contributed by atoms with E-state index in [0.29, 0.717) is 43.9 Å². The highest BCUT2D eigenvalue weighted by atomic mass is 19.1. The molecule has 4 rings (SSSR count). The lowest BCUT2D eigenvalue weighted by atomic mass is 10.0. The molecule has 3 fully saturated rings. The first-order valence-electron chi connectivity index (χ1n) is 10.2. The van der Waals surface area contributed by atoms with Crippen molar-refractivity contribution in [3.05, 3.63) is 29.2 Å². The molecular weight excluding hydrogens is 413 g/mol. The number of halogens is 1. The third-order valence-corrected chi connectivity index (χ3v) is 5.82. The van der Waals surface area contributed by atoms with Gasteiger partial charge in [-0.2, -0.15) is 0 Å². The molecule has 2 amide bonds. The molecule has 3 saturated heterocycles. The Balaban J connectivity index is 1.39. The standard InChI is InChI=1S/C20H25FN3O7/c1-13(26)24(28)10-15-9-23(19(27)30-15)14-2-3-18(17(21)8-14)22-6-4-20(5-7-22)29-12-16(11-25)31-20/h2-3,8,15-16,25H,4-7,9-12H2,1H3/q-1/t15-,16?/m0/s1. The van der Waals surface area contributed by atoms with E-state index in [1.54, 1.807) is 12.1 Å². The van der Waals surface area contributed by atoms with Crippen molar-refractivity contribution in [2.24, 2.45) is 0 Å². The Labute approximate surface area is 178 Å². The van der Waals surface area contributed by atoms with Crippen LogP contribution in [0.25, 0.3) is 0 Å². The molecule has 1 spiro atoms. The fourth-order valence-corrected chi connectivity index (χ4v) is 4.12. The van der Waals surface area contributed by atoms with Gasteiger partial charge in [0.05, 0.1) is 31.1 Å². The van der Waals surface area contributed by atoms with E-state index in [2.05, 4.69) is 0 Å². The number of aliphatic hydroxyl groups is 1. The second kappa shape index (κ2) is 8.58. The lowest BCUT2D eigenvalue weighted by molar-refractivity contribution is -0.183. The fourth-order valence-electron chi connectivity index (χ4n) is 4.12. The SMILES string of the molecule is CC(=O)N([O-])C[C@@H]1CN(c2ccc(N3CCC4(CC3)OCC(CO)O4)c(F)c2)C(=O)O1. The Morgan fingerprint density at radius 2 is 2.10 bits per heavy atom. The maximum absolute atomic E-state index is 14.9. The minimum Gasteiger partial charge on any atom is -0.756 e. The van der Waals surface area contributed by atoms with Gasteiger partial charge in [-0.3, -0.25) is 9.69 Å². The lowest BCUT2D eigenvalue weighted by Gasteiger charge is -2.39. The van der Waals surface area contributed by atoms with Crippen molar-refractivity contribution in [1.82, 2.24) is 5.06 Å². The number of nitrogens with zero attached hydrogens (tertiary/aromatic N) is 3. The van der Waals surface area contributed by atoms with E-state index in [0.717, 1.165) is 6.92 Å². The summed E-state index contributed by atoms with van der Waals surface area (Å²) >= 11 is 0. The Morgan fingerprint density at radius 1 is 1.35 bits per heavy atom. The van der Waals surface area contributed by atoms with Crippen LogP contribution in [0.5, 0.6) is 0 Å². The summed E-state index contributed by atoms with van der Waals surface area (Å²) in [5, 5.41) is 21.0. The van der Waals surface area contributed by atoms with Crippen LogP contribution in [-0.4, -0.2) is 79.6 Å². The number of benzene rings is 1. The number of amides is 2. The summed E-state index contributed by atoms with van der Waals surface area (Å²) in [4.78, 5) is 26.4. The number of hydrogen-bond acceptors (Lipinski definition) is 8. The van der Waals surface area contributed by atoms with Crippen LogP contribution in [0.3, 0.4) is 0 Å². The molecule has 3 aliphatic rings. The predicted molar refractivity (Wildman–Crippen MR) is 107 cm³/mol. The summed E-state index contributed by atoms with van der Waals surface area (Å²) in [6, 6.07) is 4.48. The van der Waals surface area contributed by atoms with Crippen molar-refractivity contribution in [2.75, 3.05) is 49.2 Å². The van der Waals surface area contributed by atoms with E-state index in [1.165, 1.54) is 11.0 Å². The molecule has 11 heteroatoms. The van der Waals surface area contributed by atoms with Crippen LogP contribution in [0, 0.1) is 11.0 Å². The number of anilines is 2. The van der Waals surface area contributed by atoms with Crippen LogP contribution in [0.1, 0.15) is 19.8 Å². The molecule has 2 atom stereocenters. The minimum atomic E-state index is -0.774. The van der Waals surface area contributed by atoms with Crippen molar-refractivity contribution in [3.63, 3.8) is 0 Å². The van der Waals surface area contributed by atoms with Gasteiger partial charge in [-0.05, 0) is 18.2 Å². The first-order valence-corrected chi connectivity index (χ1v) is 10.2. The average molecular weight is 438 g/mol. The summed E-state index contributed by atoms with van der Waals surface area (Å²) in [5.74, 6) is -1.88. The van der Waals surface area contributed by atoms with E-state index in [1.807, 2.05) is 4.90 Å². The van der Waals surface area contributed by atoms with Gasteiger partial charge in [-0.15, -0.1) is 0 Å². The number of carbonyl (C=O) groups excluding carboxylic acids is 2. The van der Waals surface area contributed by atoms with Crippen LogP contribution < -0.4 is 9.80 Å². The van der Waals surface area contributed by atoms with Crippen molar-refractivity contribution in [3.8, 4) is 0 Å². The molecule has 1 N–H and O–H groups in total. The summed E-state index contributed by atoms with van der Waals surface area (Å²) in [5.41, 5.74) is 0.720. The van der Waals surface area contributed by atoms with Crippen LogP contribution in [-0.2, 0) is 19.0 Å². The minimum absolute atomic E-state index is 0.0522. The first-order chi connectivity index (χ1) is 14.8. The highest BCUT2D eigenvalue weighted by Crippen LogP contribution is 2.37. The van der Waals surface area contributed by atoms with Crippen molar-refractivity contribution in [2.45, 2.75) is 37.8 Å². The molecule has 0 saturated carbocycles. The topological polar surface area (TPSA) is 115 Å². The number of rotatable bonds is 5. The number of cyclic esters (lactones) is 1. The van der Waals surface area contributed by atoms with E-state index in [9.17, 15) is 24.3 Å². The molecule has 3 aliphatic heterocycles. The van der Waals surface area contributed by atoms with Crippen molar-refractivity contribution >= 4 is 23.4 Å². The lowest BCUT2D eigenvalue weighted by Crippen LogP contribution is -2.46. The molecule has 0 bridgehead atoms. The van der Waals surface area contributed by atoms with Gasteiger partial charge in [0.15, 0.2) is 5.79 Å². The molecular formula is C20H25FN3O7-. The summed E-state index contributed by atoms with van der Waals surface area (Å²) in [6.45, 7) is 2.21. The van der Waals surface area contributed by atoms with E-state index in [4.69, 9.17) is 14.2 Å². The van der Waals surface area contributed by atoms with Gasteiger partial charge in [0.2, 0.25) is 5.91 Å². The van der Waals surface area contributed by atoms with Gasteiger partial charge in [-0.25, -0.2) is 9.18 Å². The summed E-state index contributed by atoms with van der Waals surface area (Å²) in [7, 11) is 0. The van der Waals surface area contributed by atoms with Gasteiger partial charge in [-0.1, -0.05) is 0 Å². The number of carbonyl (C=O) groups is 2. The zero-order valence-electron chi connectivity index (χ0n) is 17.2. The van der Waals surface area contributed by atoms with Crippen molar-refractivity contribution < 1.29 is 33.3 Å². The molecule has 3 heterocycles. The normalized spacial score (nSPS) is 25.2. The maximum Gasteiger partial charge on any atom is 0.414 e. The fraction of sp³-hybridized carbons (Fsp3) is 0.600. The first kappa shape index (κ1) is 21.8. The smallest absolute Gasteiger partial charge is 0.414 e. The number of ether oxygens (including phenoxy) is 3. The second-order valence-electron chi connectivity index (χ2n) is 7.96. The number of aliphatic hydroxyl groups excluding tert-OH is 1. The van der Waals surface area contributed by atoms with E-state index in [-0.39, 0.29) is 30.9 Å². The van der Waals surface area contributed by atoms with Crippen LogP contribution in [0.15, 0.2) is 18.2 Å². The van der Waals surface area contributed by atoms with Gasteiger partial charge in [0, 0.05) is 39.4 Å². The summed E-state index contributed by atoms with van der Waals surface area (Å²) < 4.78 is 31.6. The monoisotopic (exact) mass is 438 g/mol. The predicted octanol–water partition coefficient (Wildman–Crippen LogP) is 1.20. The molecule has 1 aromatic rings. The molecule has 10 nitrogen and oxygen atoms in total. The van der Waals surface area contributed by atoms with Gasteiger partial charge in [0.1, 0.15) is 18.0 Å². The Hall–Kier alpha value is -2.47. The van der Waals surface area contributed by atoms with Crippen molar-refractivity contribution in [1.29, 1.82) is 0 Å². The second-order valence-corrected chi connectivity index (χ2v) is 7.96. The zero-order valence-corrected chi connectivity index (χ0v) is 17.2. The molecule has 0 aliphatic carbocycles. The number of hydrogen-bond donors (Lipinski definition) is 1. The van der Waals surface area contributed by atoms with Gasteiger partial charge < -0.3 is 34.5 Å². The summed E-state index contributed by atoms with van der Waals surface area (Å²) in [6.07, 6.45) is -0.692. The third kappa shape index (κ3) is 4.45. The van der Waals surface area contributed by atoms with Crippen LogP contribution in [0.2, 0.25) is 0 Å². The molecule has 1 aromatic carbocycles. The third-order valence-electron chi connectivity index (χ3n) is 5.82. The highest BCUT2D eigenvalue weighted by Gasteiger charge is 2.44. The molecule has 0 aromatic heterocycles. The highest BCUT2D eigenvalue weighted by molar-refractivity contribution is 5.90. The maximum atomic E-state index is 14.9. The van der Waals surface area contributed by atoms with E-state index < -0.39 is 29.7 Å². The van der Waals surface area contributed by atoms with Crippen LogP contribution >= 0.6 is 0 Å². The zero-order chi connectivity index (χ0) is 22.2. The van der Waals surface area contributed by atoms with E-state index >= 15 is 0 Å². The molecule has 31 heavy (non-hydrogen) atoms. The van der Waals surface area contributed by atoms with Gasteiger partial charge >= 0.3 is 6.09 Å². The van der Waals surface area contributed by atoms with Crippen LogP contribution in [0.4, 0.5) is 20.6 Å². The quantitative estimate of drug-likeness (QED) is 0.682. The van der Waals surface area contributed by atoms with Gasteiger partial charge in [0.25, 0.3) is 0 Å². The Morgan fingerprint density at radius 3 is 2.71 bits per heavy atom. The number of piperidine rings is 1. The molecule has 1 unspecified atom stereocenters. The molecule has 0 radical (unpaired) electrons. The number of hydroxylamine groups is 2. The molecule has 170 valence electrons. The Kier molecular flexibility index (Phi) is 6.02.